The van der Waals surface area contributed by atoms with Gasteiger partial charge in [-0.1, -0.05) is 27.5 Å². The highest BCUT2D eigenvalue weighted by Crippen LogP contribution is 2.21. The molecule has 4 heteroatoms. The number of carbonyl (C=O) groups excluding carboxylic acids is 1. The number of halogens is 2. The van der Waals surface area contributed by atoms with Crippen LogP contribution in [0.2, 0.25) is 5.02 Å². The maximum atomic E-state index is 12.3. The zero-order chi connectivity index (χ0) is 12.4. The Morgan fingerprint density at radius 2 is 2.29 bits per heavy atom. The minimum atomic E-state index is 0.114. The first kappa shape index (κ1) is 12.9. The van der Waals surface area contributed by atoms with Gasteiger partial charge in [0.05, 0.1) is 0 Å². The molecule has 0 saturated carbocycles. The van der Waals surface area contributed by atoms with Crippen LogP contribution in [-0.4, -0.2) is 28.7 Å². The predicted molar refractivity (Wildman–Crippen MR) is 74.0 cm³/mol. The number of aryl methyl sites for hydroxylation is 1. The van der Waals surface area contributed by atoms with Crippen LogP contribution in [0, 0.1) is 6.92 Å². The van der Waals surface area contributed by atoms with Crippen molar-refractivity contribution in [2.75, 3.05) is 13.1 Å². The van der Waals surface area contributed by atoms with Crippen LogP contribution in [0.4, 0.5) is 0 Å². The van der Waals surface area contributed by atoms with Crippen LogP contribution in [0.15, 0.2) is 18.2 Å². The molecule has 17 heavy (non-hydrogen) atoms. The Morgan fingerprint density at radius 1 is 1.53 bits per heavy atom. The molecule has 2 nitrogen and oxygen atoms in total. The summed E-state index contributed by atoms with van der Waals surface area (Å²) in [5.74, 6) is 0.114. The molecular weight excluding hydrogens is 302 g/mol. The van der Waals surface area contributed by atoms with Crippen molar-refractivity contribution in [1.29, 1.82) is 0 Å². The van der Waals surface area contributed by atoms with Crippen LogP contribution >= 0.6 is 27.5 Å². The molecule has 1 saturated heterocycles. The monoisotopic (exact) mass is 315 g/mol. The van der Waals surface area contributed by atoms with E-state index in [2.05, 4.69) is 15.9 Å². The Bertz CT molecular complexity index is 435. The van der Waals surface area contributed by atoms with Crippen LogP contribution in [0.25, 0.3) is 0 Å². The summed E-state index contributed by atoms with van der Waals surface area (Å²) in [6.45, 7) is 3.57. The predicted octanol–water partition coefficient (Wildman–Crippen LogP) is 3.65. The van der Waals surface area contributed by atoms with Crippen LogP contribution < -0.4 is 0 Å². The molecule has 0 aliphatic carbocycles. The Hall–Kier alpha value is -0.540. The van der Waals surface area contributed by atoms with E-state index in [-0.39, 0.29) is 5.91 Å². The van der Waals surface area contributed by atoms with Crippen LogP contribution in [-0.2, 0) is 0 Å². The van der Waals surface area contributed by atoms with Gasteiger partial charge >= 0.3 is 0 Å². The molecule has 0 bridgehead atoms. The van der Waals surface area contributed by atoms with Gasteiger partial charge in [0.2, 0.25) is 0 Å². The maximum Gasteiger partial charge on any atom is 0.254 e. The van der Waals surface area contributed by atoms with Crippen LogP contribution in [0.3, 0.4) is 0 Å². The van der Waals surface area contributed by atoms with E-state index < -0.39 is 0 Å². The minimum absolute atomic E-state index is 0.114. The average Bonchev–Trinajstić information content (AvgIpc) is 2.28. The van der Waals surface area contributed by atoms with Gasteiger partial charge in [0, 0.05) is 28.5 Å². The number of benzene rings is 1. The molecule has 1 amide bonds. The van der Waals surface area contributed by atoms with Crippen LogP contribution in [0.5, 0.6) is 0 Å². The number of hydrogen-bond acceptors (Lipinski definition) is 1. The van der Waals surface area contributed by atoms with Gasteiger partial charge in [-0.3, -0.25) is 4.79 Å². The Balaban J connectivity index is 2.18. The van der Waals surface area contributed by atoms with Crippen molar-refractivity contribution in [2.45, 2.75) is 24.6 Å². The van der Waals surface area contributed by atoms with Crippen molar-refractivity contribution in [2.24, 2.45) is 0 Å². The molecule has 1 unspecified atom stereocenters. The molecule has 2 rings (SSSR count). The lowest BCUT2D eigenvalue weighted by Crippen LogP contribution is -2.40. The average molecular weight is 317 g/mol. The molecule has 1 aromatic carbocycles. The summed E-state index contributed by atoms with van der Waals surface area (Å²) in [5, 5.41) is 0.677. The molecule has 1 aromatic rings. The van der Waals surface area contributed by atoms with E-state index >= 15 is 0 Å². The number of rotatable bonds is 1. The molecule has 1 atom stereocenters. The lowest BCUT2D eigenvalue weighted by molar-refractivity contribution is 0.0729. The zero-order valence-corrected chi connectivity index (χ0v) is 12.1. The summed E-state index contributed by atoms with van der Waals surface area (Å²) in [6, 6.07) is 5.43. The zero-order valence-electron chi connectivity index (χ0n) is 9.75. The Morgan fingerprint density at radius 3 is 2.94 bits per heavy atom. The molecule has 1 aliphatic rings. The second-order valence-electron chi connectivity index (χ2n) is 4.45. The highest BCUT2D eigenvalue weighted by atomic mass is 79.9. The highest BCUT2D eigenvalue weighted by Gasteiger charge is 2.23. The third-order valence-corrected chi connectivity index (χ3v) is 4.05. The van der Waals surface area contributed by atoms with E-state index in [4.69, 9.17) is 11.6 Å². The first-order chi connectivity index (χ1) is 8.08. The van der Waals surface area contributed by atoms with E-state index in [0.717, 1.165) is 37.1 Å². The quantitative estimate of drug-likeness (QED) is 0.724. The van der Waals surface area contributed by atoms with Gasteiger partial charge in [0.25, 0.3) is 5.91 Å². The van der Waals surface area contributed by atoms with Crippen molar-refractivity contribution < 1.29 is 4.79 Å². The van der Waals surface area contributed by atoms with Crippen molar-refractivity contribution >= 4 is 33.4 Å². The topological polar surface area (TPSA) is 20.3 Å². The number of alkyl halides is 1. The Kier molecular flexibility index (Phi) is 4.10. The lowest BCUT2D eigenvalue weighted by Gasteiger charge is -2.30. The number of amides is 1. The van der Waals surface area contributed by atoms with E-state index in [9.17, 15) is 4.79 Å². The molecule has 1 fully saturated rings. The molecule has 1 aliphatic heterocycles. The molecule has 1 heterocycles. The summed E-state index contributed by atoms with van der Waals surface area (Å²) in [6.07, 6.45) is 2.21. The highest BCUT2D eigenvalue weighted by molar-refractivity contribution is 9.09. The first-order valence-corrected chi connectivity index (χ1v) is 7.07. The Labute approximate surface area is 115 Å². The fourth-order valence-corrected chi connectivity index (χ4v) is 3.05. The van der Waals surface area contributed by atoms with E-state index in [1.54, 1.807) is 6.07 Å². The molecule has 0 N–H and O–H groups in total. The number of piperidine rings is 1. The van der Waals surface area contributed by atoms with Crippen molar-refractivity contribution in [1.82, 2.24) is 4.90 Å². The number of nitrogens with zero attached hydrogens (tertiary/aromatic N) is 1. The van der Waals surface area contributed by atoms with Gasteiger partial charge < -0.3 is 4.90 Å². The number of carbonyl (C=O) groups is 1. The molecule has 0 aromatic heterocycles. The summed E-state index contributed by atoms with van der Waals surface area (Å²) in [4.78, 5) is 14.7. The van der Waals surface area contributed by atoms with Gasteiger partial charge in [-0.25, -0.2) is 0 Å². The molecule has 0 spiro atoms. The van der Waals surface area contributed by atoms with E-state index in [1.807, 2.05) is 24.0 Å². The SMILES string of the molecule is Cc1cc(Cl)ccc1C(=O)N1CCCC(Br)C1. The first-order valence-electron chi connectivity index (χ1n) is 5.77. The standard InChI is InChI=1S/C13H15BrClNO/c1-9-7-11(15)4-5-12(9)13(17)16-6-2-3-10(14)8-16/h4-5,7,10H,2-3,6,8H2,1H3. The molecule has 92 valence electrons. The van der Waals surface area contributed by atoms with Gasteiger partial charge in [0.15, 0.2) is 0 Å². The summed E-state index contributed by atoms with van der Waals surface area (Å²) in [7, 11) is 0. The third kappa shape index (κ3) is 3.02. The van der Waals surface area contributed by atoms with Gasteiger partial charge in [-0.2, -0.15) is 0 Å². The lowest BCUT2D eigenvalue weighted by atomic mass is 10.1. The van der Waals surface area contributed by atoms with Gasteiger partial charge in [-0.05, 0) is 43.5 Å². The number of hydrogen-bond donors (Lipinski definition) is 0. The van der Waals surface area contributed by atoms with Crippen molar-refractivity contribution in [3.63, 3.8) is 0 Å². The number of likely N-dealkylation sites (tertiary alicyclic amines) is 1. The van der Waals surface area contributed by atoms with Crippen molar-refractivity contribution in [3.05, 3.63) is 34.3 Å². The molecular formula is C13H15BrClNO. The smallest absolute Gasteiger partial charge is 0.254 e. The maximum absolute atomic E-state index is 12.3. The fraction of sp³-hybridized carbons (Fsp3) is 0.462. The fourth-order valence-electron chi connectivity index (χ4n) is 2.15. The minimum Gasteiger partial charge on any atom is -0.338 e. The summed E-state index contributed by atoms with van der Waals surface area (Å²) >= 11 is 9.48. The third-order valence-electron chi connectivity index (χ3n) is 3.07. The second-order valence-corrected chi connectivity index (χ2v) is 6.18. The van der Waals surface area contributed by atoms with Gasteiger partial charge in [-0.15, -0.1) is 0 Å². The normalized spacial score (nSPS) is 20.4. The summed E-state index contributed by atoms with van der Waals surface area (Å²) in [5.41, 5.74) is 1.70. The van der Waals surface area contributed by atoms with Crippen LogP contribution in [0.1, 0.15) is 28.8 Å². The second kappa shape index (κ2) is 5.40. The van der Waals surface area contributed by atoms with Crippen molar-refractivity contribution in [3.8, 4) is 0 Å². The van der Waals surface area contributed by atoms with E-state index in [0.29, 0.717) is 9.85 Å². The van der Waals surface area contributed by atoms with Gasteiger partial charge in [0.1, 0.15) is 0 Å². The molecule has 0 radical (unpaired) electrons. The summed E-state index contributed by atoms with van der Waals surface area (Å²) < 4.78 is 0. The van der Waals surface area contributed by atoms with E-state index in [1.165, 1.54) is 0 Å². The largest absolute Gasteiger partial charge is 0.338 e.